The van der Waals surface area contributed by atoms with Crippen molar-refractivity contribution in [2.24, 2.45) is 5.73 Å². The highest BCUT2D eigenvalue weighted by molar-refractivity contribution is 6.03. The first-order valence-electron chi connectivity index (χ1n) is 11.1. The molecular weight excluding hydrogens is 441 g/mol. The van der Waals surface area contributed by atoms with Crippen LogP contribution in [0.5, 0.6) is 0 Å². The first-order valence-corrected chi connectivity index (χ1v) is 11.1. The van der Waals surface area contributed by atoms with Crippen molar-refractivity contribution < 1.29 is 23.5 Å². The SMILES string of the molecule is COC1CC=CC=C1C(=O)NCc1ccc(-c2nn([C@H]3CCOC[C@H]3F)c(N)c2C(N)=O)cc1. The van der Waals surface area contributed by atoms with Gasteiger partial charge in [-0.05, 0) is 18.4 Å². The van der Waals surface area contributed by atoms with Crippen LogP contribution in [0.25, 0.3) is 11.3 Å². The van der Waals surface area contributed by atoms with Crippen LogP contribution >= 0.6 is 0 Å². The molecule has 180 valence electrons. The van der Waals surface area contributed by atoms with Crippen LogP contribution in [0.4, 0.5) is 10.2 Å². The molecule has 0 radical (unpaired) electrons. The minimum absolute atomic E-state index is 0.0379. The standard InChI is InChI=1S/C24H28FN5O4/c1-33-19-5-3-2-4-16(19)24(32)28-12-14-6-8-15(9-7-14)21-20(23(27)31)22(26)30(29-21)18-10-11-34-13-17(18)25/h2-4,6-9,17-19H,5,10-13,26H2,1H3,(H2,27,31)(H,28,32)/t17-,18+,19?/m1/s1. The van der Waals surface area contributed by atoms with Crippen molar-refractivity contribution in [2.75, 3.05) is 26.1 Å². The zero-order valence-electron chi connectivity index (χ0n) is 18.9. The Balaban J connectivity index is 1.52. The molecule has 1 aromatic carbocycles. The van der Waals surface area contributed by atoms with Crippen molar-refractivity contribution in [1.82, 2.24) is 15.1 Å². The lowest BCUT2D eigenvalue weighted by Gasteiger charge is -2.27. The quantitative estimate of drug-likeness (QED) is 0.568. The fraction of sp³-hybridized carbons (Fsp3) is 0.375. The predicted octanol–water partition coefficient (Wildman–Crippen LogP) is 2.05. The van der Waals surface area contributed by atoms with Crippen molar-refractivity contribution in [2.45, 2.75) is 37.7 Å². The summed E-state index contributed by atoms with van der Waals surface area (Å²) in [6.07, 6.45) is 5.03. The minimum atomic E-state index is -1.29. The molecular formula is C24H28FN5O4. The number of amides is 2. The normalized spacial score (nSPS) is 22.3. The van der Waals surface area contributed by atoms with Crippen LogP contribution in [0.2, 0.25) is 0 Å². The molecule has 2 aliphatic rings. The van der Waals surface area contributed by atoms with Gasteiger partial charge in [-0.15, -0.1) is 0 Å². The summed E-state index contributed by atoms with van der Waals surface area (Å²) in [5.41, 5.74) is 14.1. The van der Waals surface area contributed by atoms with Gasteiger partial charge in [-0.3, -0.25) is 9.59 Å². The molecule has 10 heteroatoms. The molecule has 1 saturated heterocycles. The van der Waals surface area contributed by atoms with Gasteiger partial charge in [0, 0.05) is 31.4 Å². The van der Waals surface area contributed by atoms with Gasteiger partial charge in [0.2, 0.25) is 5.91 Å². The fourth-order valence-electron chi connectivity index (χ4n) is 4.23. The number of carbonyl (C=O) groups excluding carboxylic acids is 2. The van der Waals surface area contributed by atoms with Crippen LogP contribution < -0.4 is 16.8 Å². The Kier molecular flexibility index (Phi) is 7.09. The number of nitrogens with zero attached hydrogens (tertiary/aromatic N) is 2. The summed E-state index contributed by atoms with van der Waals surface area (Å²) >= 11 is 0. The Morgan fingerprint density at radius 2 is 2.09 bits per heavy atom. The van der Waals surface area contributed by atoms with Crippen LogP contribution in [0.1, 0.15) is 34.8 Å². The van der Waals surface area contributed by atoms with Crippen molar-refractivity contribution in [1.29, 1.82) is 0 Å². The van der Waals surface area contributed by atoms with E-state index in [-0.39, 0.29) is 30.0 Å². The lowest BCUT2D eigenvalue weighted by atomic mass is 10.0. The number of halogens is 1. The molecule has 2 aromatic rings. The van der Waals surface area contributed by atoms with Crippen molar-refractivity contribution in [3.8, 4) is 11.3 Å². The number of nitrogen functional groups attached to an aromatic ring is 1. The van der Waals surface area contributed by atoms with Crippen LogP contribution in [0.3, 0.4) is 0 Å². The summed E-state index contributed by atoms with van der Waals surface area (Å²) in [6.45, 7) is 0.635. The molecule has 0 saturated carbocycles. The van der Waals surface area contributed by atoms with E-state index >= 15 is 0 Å². The Hall–Kier alpha value is -3.50. The van der Waals surface area contributed by atoms with Gasteiger partial charge < -0.3 is 26.3 Å². The van der Waals surface area contributed by atoms with Crippen molar-refractivity contribution >= 4 is 17.6 Å². The van der Waals surface area contributed by atoms with Gasteiger partial charge in [-0.2, -0.15) is 5.10 Å². The highest BCUT2D eigenvalue weighted by Crippen LogP contribution is 2.33. The number of anilines is 1. The number of hydrogen-bond acceptors (Lipinski definition) is 6. The maximum absolute atomic E-state index is 14.4. The number of hydrogen-bond donors (Lipinski definition) is 3. The molecule has 0 spiro atoms. The maximum Gasteiger partial charge on any atom is 0.254 e. The number of allylic oxidation sites excluding steroid dienone is 2. The number of primary amides is 1. The average Bonchev–Trinajstić information content (AvgIpc) is 3.20. The van der Waals surface area contributed by atoms with Gasteiger partial charge >= 0.3 is 0 Å². The Labute approximate surface area is 196 Å². The number of ether oxygens (including phenoxy) is 2. The molecule has 0 bridgehead atoms. The van der Waals surface area contributed by atoms with Gasteiger partial charge in [-0.25, -0.2) is 9.07 Å². The van der Waals surface area contributed by atoms with Crippen LogP contribution in [-0.2, 0) is 20.8 Å². The van der Waals surface area contributed by atoms with E-state index in [0.717, 1.165) is 5.56 Å². The molecule has 1 fully saturated rings. The Bertz CT molecular complexity index is 1130. The average molecular weight is 470 g/mol. The van der Waals surface area contributed by atoms with E-state index in [9.17, 15) is 14.0 Å². The molecule has 2 amide bonds. The van der Waals surface area contributed by atoms with Gasteiger partial charge in [0.05, 0.1) is 18.8 Å². The Morgan fingerprint density at radius 1 is 1.32 bits per heavy atom. The highest BCUT2D eigenvalue weighted by Gasteiger charge is 2.32. The first kappa shape index (κ1) is 23.7. The topological polar surface area (TPSA) is 134 Å². The van der Waals surface area contributed by atoms with E-state index < -0.39 is 18.1 Å². The second kappa shape index (κ2) is 10.2. The van der Waals surface area contributed by atoms with E-state index in [4.69, 9.17) is 20.9 Å². The second-order valence-electron chi connectivity index (χ2n) is 8.25. The Morgan fingerprint density at radius 3 is 2.76 bits per heavy atom. The summed E-state index contributed by atoms with van der Waals surface area (Å²) in [6, 6.07) is 6.51. The van der Waals surface area contributed by atoms with Gasteiger partial charge in [0.15, 0.2) is 0 Å². The molecule has 9 nitrogen and oxygen atoms in total. The summed E-state index contributed by atoms with van der Waals surface area (Å²) in [7, 11) is 1.58. The third-order valence-corrected chi connectivity index (χ3v) is 6.10. The number of aromatic nitrogens is 2. The molecule has 34 heavy (non-hydrogen) atoms. The van der Waals surface area contributed by atoms with E-state index in [1.54, 1.807) is 25.3 Å². The van der Waals surface area contributed by atoms with Crippen molar-refractivity contribution in [3.05, 3.63) is 59.2 Å². The van der Waals surface area contributed by atoms with Crippen molar-refractivity contribution in [3.63, 3.8) is 0 Å². The number of rotatable bonds is 7. The molecule has 1 aromatic heterocycles. The minimum Gasteiger partial charge on any atom is -0.383 e. The van der Waals surface area contributed by atoms with E-state index in [1.807, 2.05) is 24.3 Å². The highest BCUT2D eigenvalue weighted by atomic mass is 19.1. The van der Waals surface area contributed by atoms with Crippen LogP contribution in [0, 0.1) is 0 Å². The smallest absolute Gasteiger partial charge is 0.254 e. The summed E-state index contributed by atoms with van der Waals surface area (Å²) in [5, 5.41) is 7.35. The largest absolute Gasteiger partial charge is 0.383 e. The van der Waals surface area contributed by atoms with E-state index in [1.165, 1.54) is 4.68 Å². The van der Waals surface area contributed by atoms with E-state index in [0.29, 0.717) is 42.8 Å². The number of nitrogens with two attached hydrogens (primary N) is 2. The molecule has 4 rings (SSSR count). The lowest BCUT2D eigenvalue weighted by Crippen LogP contribution is -2.32. The van der Waals surface area contributed by atoms with Gasteiger partial charge in [0.1, 0.15) is 23.2 Å². The van der Waals surface area contributed by atoms with E-state index in [2.05, 4.69) is 10.4 Å². The number of alkyl halides is 1. The number of nitrogens with one attached hydrogen (secondary N) is 1. The molecule has 1 aliphatic carbocycles. The predicted molar refractivity (Wildman–Crippen MR) is 124 cm³/mol. The fourth-order valence-corrected chi connectivity index (χ4v) is 4.23. The second-order valence-corrected chi connectivity index (χ2v) is 8.25. The van der Waals surface area contributed by atoms with Crippen LogP contribution in [-0.4, -0.2) is 54.2 Å². The zero-order valence-corrected chi connectivity index (χ0v) is 18.9. The van der Waals surface area contributed by atoms with Gasteiger partial charge in [0.25, 0.3) is 5.91 Å². The lowest BCUT2D eigenvalue weighted by molar-refractivity contribution is -0.118. The number of methoxy groups -OCH3 is 1. The molecule has 1 aliphatic heterocycles. The molecule has 5 N–H and O–H groups in total. The molecule has 2 heterocycles. The third-order valence-electron chi connectivity index (χ3n) is 6.10. The summed E-state index contributed by atoms with van der Waals surface area (Å²) in [5.74, 6) is -0.893. The molecule has 3 atom stereocenters. The monoisotopic (exact) mass is 469 g/mol. The zero-order chi connectivity index (χ0) is 24.2. The third kappa shape index (κ3) is 4.73. The number of carbonyl (C=O) groups is 2. The summed E-state index contributed by atoms with van der Waals surface area (Å²) < 4.78 is 26.3. The summed E-state index contributed by atoms with van der Waals surface area (Å²) in [4.78, 5) is 24.7. The maximum atomic E-state index is 14.4. The van der Waals surface area contributed by atoms with Crippen LogP contribution in [0.15, 0.2) is 48.1 Å². The first-order chi connectivity index (χ1) is 16.4. The molecule has 1 unspecified atom stereocenters. The number of benzene rings is 1. The van der Waals surface area contributed by atoms with Gasteiger partial charge in [-0.1, -0.05) is 42.5 Å².